The first kappa shape index (κ1) is 15.5. The molecule has 118 valence electrons. The fraction of sp³-hybridized carbons (Fsp3) is 0.385. The Balaban J connectivity index is 2.01. The lowest BCUT2D eigenvalue weighted by Gasteiger charge is -2.05. The lowest BCUT2D eigenvalue weighted by Crippen LogP contribution is -2.28. The Labute approximate surface area is 127 Å². The number of urea groups is 1. The average molecular weight is 306 g/mol. The Morgan fingerprint density at radius 3 is 2.82 bits per heavy atom. The molecule has 3 N–H and O–H groups in total. The standard InChI is InChI=1S/C13H18N6O3/c1-4-19-7-10(11(18-19)12(20)22-3)15-13(21)14-6-9-5-8(2)16-17-9/h5,7H,4,6H2,1-3H3,(H,16,17)(H2,14,15,21). The van der Waals surface area contributed by atoms with Crippen LogP contribution in [0.5, 0.6) is 0 Å². The number of nitrogens with one attached hydrogen (secondary N) is 3. The number of nitrogens with zero attached hydrogens (tertiary/aromatic N) is 3. The predicted molar refractivity (Wildman–Crippen MR) is 78.4 cm³/mol. The molecule has 0 aliphatic rings. The Bertz CT molecular complexity index is 675. The summed E-state index contributed by atoms with van der Waals surface area (Å²) in [6.45, 7) is 4.58. The smallest absolute Gasteiger partial charge is 0.360 e. The van der Waals surface area contributed by atoms with Gasteiger partial charge >= 0.3 is 12.0 Å². The molecule has 0 saturated carbocycles. The second kappa shape index (κ2) is 6.74. The normalized spacial score (nSPS) is 10.3. The third kappa shape index (κ3) is 3.62. The molecule has 0 spiro atoms. The monoisotopic (exact) mass is 306 g/mol. The van der Waals surface area contributed by atoms with Gasteiger partial charge in [-0.3, -0.25) is 9.78 Å². The molecule has 9 heteroatoms. The number of hydrogen-bond acceptors (Lipinski definition) is 5. The van der Waals surface area contributed by atoms with Crippen molar-refractivity contribution in [3.8, 4) is 0 Å². The summed E-state index contributed by atoms with van der Waals surface area (Å²) in [7, 11) is 1.26. The van der Waals surface area contributed by atoms with Crippen LogP contribution in [-0.4, -0.2) is 39.1 Å². The topological polar surface area (TPSA) is 114 Å². The van der Waals surface area contributed by atoms with Crippen LogP contribution in [0.2, 0.25) is 0 Å². The molecule has 0 fully saturated rings. The van der Waals surface area contributed by atoms with Gasteiger partial charge in [-0.05, 0) is 19.9 Å². The highest BCUT2D eigenvalue weighted by Gasteiger charge is 2.18. The van der Waals surface area contributed by atoms with Crippen LogP contribution in [0, 0.1) is 6.92 Å². The summed E-state index contributed by atoms with van der Waals surface area (Å²) in [6.07, 6.45) is 1.57. The molecule has 2 rings (SSSR count). The molecule has 9 nitrogen and oxygen atoms in total. The van der Waals surface area contributed by atoms with Crippen LogP contribution >= 0.6 is 0 Å². The van der Waals surface area contributed by atoms with Gasteiger partial charge in [-0.15, -0.1) is 0 Å². The maximum atomic E-state index is 11.9. The summed E-state index contributed by atoms with van der Waals surface area (Å²) < 4.78 is 6.19. The number of hydrogen-bond donors (Lipinski definition) is 3. The molecular formula is C13H18N6O3. The van der Waals surface area contributed by atoms with Crippen LogP contribution in [0.25, 0.3) is 0 Å². The lowest BCUT2D eigenvalue weighted by molar-refractivity contribution is 0.0594. The predicted octanol–water partition coefficient (Wildman–Crippen LogP) is 1.04. The fourth-order valence-corrected chi connectivity index (χ4v) is 1.82. The minimum absolute atomic E-state index is 0.0649. The largest absolute Gasteiger partial charge is 0.464 e. The molecule has 0 radical (unpaired) electrons. The zero-order chi connectivity index (χ0) is 16.1. The second-order valence-corrected chi connectivity index (χ2v) is 4.59. The second-order valence-electron chi connectivity index (χ2n) is 4.59. The van der Waals surface area contributed by atoms with Crippen LogP contribution < -0.4 is 10.6 Å². The Kier molecular flexibility index (Phi) is 4.77. The van der Waals surface area contributed by atoms with Crippen LogP contribution in [0.4, 0.5) is 10.5 Å². The zero-order valence-electron chi connectivity index (χ0n) is 12.6. The van der Waals surface area contributed by atoms with Gasteiger partial charge in [-0.1, -0.05) is 0 Å². The summed E-state index contributed by atoms with van der Waals surface area (Å²) in [5.74, 6) is -0.606. The quantitative estimate of drug-likeness (QED) is 0.714. The van der Waals surface area contributed by atoms with E-state index < -0.39 is 12.0 Å². The number of amides is 2. The van der Waals surface area contributed by atoms with E-state index >= 15 is 0 Å². The van der Waals surface area contributed by atoms with E-state index in [0.717, 1.165) is 5.69 Å². The van der Waals surface area contributed by atoms with E-state index in [9.17, 15) is 9.59 Å². The van der Waals surface area contributed by atoms with Gasteiger partial charge in [-0.2, -0.15) is 10.2 Å². The van der Waals surface area contributed by atoms with Crippen molar-refractivity contribution in [3.05, 3.63) is 29.3 Å². The minimum Gasteiger partial charge on any atom is -0.464 e. The van der Waals surface area contributed by atoms with Gasteiger partial charge in [-0.25, -0.2) is 9.59 Å². The maximum absolute atomic E-state index is 11.9. The van der Waals surface area contributed by atoms with E-state index in [0.29, 0.717) is 17.9 Å². The van der Waals surface area contributed by atoms with Gasteiger partial charge in [0.2, 0.25) is 0 Å². The van der Waals surface area contributed by atoms with Gasteiger partial charge < -0.3 is 15.4 Å². The highest BCUT2D eigenvalue weighted by molar-refractivity contribution is 5.99. The molecule has 0 saturated heterocycles. The number of rotatable bonds is 5. The van der Waals surface area contributed by atoms with Crippen LogP contribution in [0.1, 0.15) is 28.8 Å². The SMILES string of the molecule is CCn1cc(NC(=O)NCc2cc(C)[nH]n2)c(C(=O)OC)n1. The first-order chi connectivity index (χ1) is 10.5. The van der Waals surface area contributed by atoms with Crippen molar-refractivity contribution in [1.82, 2.24) is 25.3 Å². The number of aryl methyl sites for hydroxylation is 2. The van der Waals surface area contributed by atoms with Crippen LogP contribution in [-0.2, 0) is 17.8 Å². The van der Waals surface area contributed by atoms with Crippen molar-refractivity contribution < 1.29 is 14.3 Å². The van der Waals surface area contributed by atoms with E-state index in [2.05, 4.69) is 30.7 Å². The lowest BCUT2D eigenvalue weighted by atomic mass is 10.3. The molecule has 0 aliphatic carbocycles. The van der Waals surface area contributed by atoms with Crippen molar-refractivity contribution >= 4 is 17.7 Å². The molecule has 0 atom stereocenters. The molecule has 2 aromatic rings. The summed E-state index contributed by atoms with van der Waals surface area (Å²) in [6, 6.07) is 1.37. The Morgan fingerprint density at radius 1 is 1.45 bits per heavy atom. The van der Waals surface area contributed by atoms with Gasteiger partial charge in [0.05, 0.1) is 25.0 Å². The molecular weight excluding hydrogens is 288 g/mol. The number of anilines is 1. The molecule has 0 bridgehead atoms. The van der Waals surface area contributed by atoms with Crippen molar-refractivity contribution in [3.63, 3.8) is 0 Å². The molecule has 0 aromatic carbocycles. The van der Waals surface area contributed by atoms with Crippen LogP contribution in [0.15, 0.2) is 12.3 Å². The number of ether oxygens (including phenoxy) is 1. The van der Waals surface area contributed by atoms with E-state index in [-0.39, 0.29) is 12.2 Å². The summed E-state index contributed by atoms with van der Waals surface area (Å²) in [5, 5.41) is 16.1. The van der Waals surface area contributed by atoms with Crippen molar-refractivity contribution in [2.45, 2.75) is 26.9 Å². The van der Waals surface area contributed by atoms with E-state index in [1.807, 2.05) is 19.9 Å². The highest BCUT2D eigenvalue weighted by atomic mass is 16.5. The molecule has 2 heterocycles. The third-order valence-corrected chi connectivity index (χ3v) is 2.90. The number of methoxy groups -OCH3 is 1. The maximum Gasteiger partial charge on any atom is 0.360 e. The molecule has 22 heavy (non-hydrogen) atoms. The number of H-pyrrole nitrogens is 1. The molecule has 0 unspecified atom stereocenters. The van der Waals surface area contributed by atoms with Gasteiger partial charge in [0, 0.05) is 18.4 Å². The number of carbonyl (C=O) groups is 2. The Morgan fingerprint density at radius 2 is 2.23 bits per heavy atom. The number of aromatic amines is 1. The first-order valence-electron chi connectivity index (χ1n) is 6.75. The molecule has 2 aromatic heterocycles. The van der Waals surface area contributed by atoms with Crippen molar-refractivity contribution in [1.29, 1.82) is 0 Å². The van der Waals surface area contributed by atoms with Gasteiger partial charge in [0.1, 0.15) is 0 Å². The van der Waals surface area contributed by atoms with Crippen molar-refractivity contribution in [2.24, 2.45) is 0 Å². The summed E-state index contributed by atoms with van der Waals surface area (Å²) >= 11 is 0. The van der Waals surface area contributed by atoms with Gasteiger partial charge in [0.15, 0.2) is 5.69 Å². The molecule has 0 aliphatic heterocycles. The molecule has 2 amide bonds. The van der Waals surface area contributed by atoms with E-state index in [1.165, 1.54) is 7.11 Å². The van der Waals surface area contributed by atoms with Gasteiger partial charge in [0.25, 0.3) is 0 Å². The average Bonchev–Trinajstić information content (AvgIpc) is 3.10. The zero-order valence-corrected chi connectivity index (χ0v) is 12.6. The summed E-state index contributed by atoms with van der Waals surface area (Å²) in [5.41, 5.74) is 1.99. The number of aromatic nitrogens is 4. The van der Waals surface area contributed by atoms with Crippen molar-refractivity contribution in [2.75, 3.05) is 12.4 Å². The van der Waals surface area contributed by atoms with Crippen LogP contribution in [0.3, 0.4) is 0 Å². The van der Waals surface area contributed by atoms with E-state index in [4.69, 9.17) is 0 Å². The summed E-state index contributed by atoms with van der Waals surface area (Å²) in [4.78, 5) is 23.5. The number of esters is 1. The minimum atomic E-state index is -0.606. The fourth-order valence-electron chi connectivity index (χ4n) is 1.82. The first-order valence-corrected chi connectivity index (χ1v) is 6.75. The number of carbonyl (C=O) groups excluding carboxylic acids is 2. The highest BCUT2D eigenvalue weighted by Crippen LogP contribution is 2.14. The Hall–Kier alpha value is -2.84. The third-order valence-electron chi connectivity index (χ3n) is 2.90. The van der Waals surface area contributed by atoms with E-state index in [1.54, 1.807) is 10.9 Å².